The van der Waals surface area contributed by atoms with E-state index in [1.54, 1.807) is 0 Å². The molecule has 0 aliphatic heterocycles. The monoisotopic (exact) mass is 302 g/mol. The SMILES string of the molecule is CC(C)(OC(=O)CCl)C(O)(C(F)(F)F)C(F)(F)F. The molecule has 0 aromatic carbocycles. The predicted octanol–water partition coefficient (Wildman–Crippen LogP) is 2.40. The van der Waals surface area contributed by atoms with Gasteiger partial charge in [0.25, 0.3) is 5.60 Å². The molecule has 0 rings (SSSR count). The van der Waals surface area contributed by atoms with Gasteiger partial charge in [0.2, 0.25) is 0 Å². The van der Waals surface area contributed by atoms with Crippen LogP contribution in [0.2, 0.25) is 0 Å². The molecule has 0 fully saturated rings. The summed E-state index contributed by atoms with van der Waals surface area (Å²) in [7, 11) is 0. The molecule has 0 aliphatic carbocycles. The van der Waals surface area contributed by atoms with E-state index in [-0.39, 0.29) is 0 Å². The lowest BCUT2D eigenvalue weighted by Gasteiger charge is -2.43. The lowest BCUT2D eigenvalue weighted by Crippen LogP contribution is -2.69. The van der Waals surface area contributed by atoms with Crippen LogP contribution < -0.4 is 0 Å². The van der Waals surface area contributed by atoms with Gasteiger partial charge in [0.15, 0.2) is 5.60 Å². The minimum atomic E-state index is -6.08. The van der Waals surface area contributed by atoms with Gasteiger partial charge in [-0.2, -0.15) is 26.3 Å². The van der Waals surface area contributed by atoms with E-state index in [0.29, 0.717) is 13.8 Å². The first kappa shape index (κ1) is 17.3. The van der Waals surface area contributed by atoms with Crippen molar-refractivity contribution in [3.05, 3.63) is 0 Å². The molecule has 0 spiro atoms. The quantitative estimate of drug-likeness (QED) is 0.495. The number of rotatable bonds is 3. The van der Waals surface area contributed by atoms with Crippen LogP contribution >= 0.6 is 11.6 Å². The third-order valence-electron chi connectivity index (χ3n) is 2.17. The average molecular weight is 303 g/mol. The summed E-state index contributed by atoms with van der Waals surface area (Å²) in [4.78, 5) is 10.7. The molecule has 0 radical (unpaired) electrons. The Morgan fingerprint density at radius 3 is 1.67 bits per heavy atom. The Kier molecular flexibility index (Phi) is 4.58. The molecular formula is C8H9ClF6O3. The second kappa shape index (κ2) is 4.76. The molecule has 0 aromatic heterocycles. The molecular weight excluding hydrogens is 294 g/mol. The summed E-state index contributed by atoms with van der Waals surface area (Å²) >= 11 is 4.92. The molecule has 0 unspecified atom stereocenters. The summed E-state index contributed by atoms with van der Waals surface area (Å²) in [6.07, 6.45) is -12.2. The smallest absolute Gasteiger partial charge is 0.430 e. The molecule has 0 heterocycles. The van der Waals surface area contributed by atoms with Gasteiger partial charge in [-0.25, -0.2) is 0 Å². The second-order valence-electron chi connectivity index (χ2n) is 3.82. The maximum Gasteiger partial charge on any atom is 0.430 e. The zero-order valence-corrected chi connectivity index (χ0v) is 9.87. The van der Waals surface area contributed by atoms with Gasteiger partial charge in [0, 0.05) is 0 Å². The van der Waals surface area contributed by atoms with Crippen molar-refractivity contribution >= 4 is 17.6 Å². The first-order chi connectivity index (χ1) is 7.70. The molecule has 0 atom stereocenters. The van der Waals surface area contributed by atoms with Crippen LogP contribution in [-0.4, -0.2) is 40.5 Å². The highest BCUT2D eigenvalue weighted by molar-refractivity contribution is 6.26. The Balaban J connectivity index is 5.69. The topological polar surface area (TPSA) is 46.5 Å². The van der Waals surface area contributed by atoms with Crippen molar-refractivity contribution in [3.8, 4) is 0 Å². The first-order valence-corrected chi connectivity index (χ1v) is 4.88. The summed E-state index contributed by atoms with van der Waals surface area (Å²) in [5, 5.41) is 8.99. The van der Waals surface area contributed by atoms with Gasteiger partial charge in [0.05, 0.1) is 0 Å². The molecule has 0 saturated heterocycles. The van der Waals surface area contributed by atoms with Crippen molar-refractivity contribution in [2.45, 2.75) is 37.4 Å². The highest BCUT2D eigenvalue weighted by atomic mass is 35.5. The summed E-state index contributed by atoms with van der Waals surface area (Å²) < 4.78 is 78.7. The Morgan fingerprint density at radius 2 is 1.44 bits per heavy atom. The number of esters is 1. The number of hydrogen-bond donors (Lipinski definition) is 1. The average Bonchev–Trinajstić information content (AvgIpc) is 2.11. The summed E-state index contributed by atoms with van der Waals surface area (Å²) in [6, 6.07) is 0. The lowest BCUT2D eigenvalue weighted by molar-refractivity contribution is -0.407. The Labute approximate surface area is 103 Å². The molecule has 0 amide bonds. The number of hydrogen-bond acceptors (Lipinski definition) is 3. The van der Waals surface area contributed by atoms with Crippen molar-refractivity contribution in [1.29, 1.82) is 0 Å². The van der Waals surface area contributed by atoms with Gasteiger partial charge in [-0.3, -0.25) is 4.79 Å². The Morgan fingerprint density at radius 1 is 1.11 bits per heavy atom. The number of carbonyl (C=O) groups excluding carboxylic acids is 1. The van der Waals surface area contributed by atoms with Crippen LogP contribution in [0.1, 0.15) is 13.8 Å². The van der Waals surface area contributed by atoms with Crippen LogP contribution in [0, 0.1) is 0 Å². The van der Waals surface area contributed by atoms with E-state index in [0.717, 1.165) is 0 Å². The number of aliphatic hydroxyl groups is 1. The number of alkyl halides is 7. The fraction of sp³-hybridized carbons (Fsp3) is 0.875. The largest absolute Gasteiger partial charge is 0.455 e. The maximum absolute atomic E-state index is 12.5. The number of halogens is 7. The third kappa shape index (κ3) is 2.82. The van der Waals surface area contributed by atoms with Crippen molar-refractivity contribution < 1.29 is 41.0 Å². The van der Waals surface area contributed by atoms with Gasteiger partial charge in [0.1, 0.15) is 5.88 Å². The zero-order valence-electron chi connectivity index (χ0n) is 9.12. The molecule has 108 valence electrons. The lowest BCUT2D eigenvalue weighted by atomic mass is 9.84. The van der Waals surface area contributed by atoms with Crippen LogP contribution in [0.5, 0.6) is 0 Å². The van der Waals surface area contributed by atoms with Crippen LogP contribution in [0.15, 0.2) is 0 Å². The molecule has 0 aliphatic rings. The fourth-order valence-electron chi connectivity index (χ4n) is 1.23. The van der Waals surface area contributed by atoms with Crippen molar-refractivity contribution in [2.24, 2.45) is 0 Å². The number of carbonyl (C=O) groups is 1. The second-order valence-corrected chi connectivity index (χ2v) is 4.09. The van der Waals surface area contributed by atoms with Crippen LogP contribution in [-0.2, 0) is 9.53 Å². The Bertz CT molecular complexity index is 308. The van der Waals surface area contributed by atoms with Gasteiger partial charge >= 0.3 is 18.3 Å². The normalized spacial score (nSPS) is 14.6. The highest BCUT2D eigenvalue weighted by Gasteiger charge is 2.78. The highest BCUT2D eigenvalue weighted by Crippen LogP contribution is 2.50. The molecule has 18 heavy (non-hydrogen) atoms. The van der Waals surface area contributed by atoms with Gasteiger partial charge in [-0.15, -0.1) is 11.6 Å². The minimum Gasteiger partial charge on any atom is -0.455 e. The molecule has 3 nitrogen and oxygen atoms in total. The van der Waals surface area contributed by atoms with Crippen molar-refractivity contribution in [1.82, 2.24) is 0 Å². The van der Waals surface area contributed by atoms with Crippen molar-refractivity contribution in [3.63, 3.8) is 0 Å². The predicted molar refractivity (Wildman–Crippen MR) is 48.0 cm³/mol. The third-order valence-corrected chi connectivity index (χ3v) is 2.39. The summed E-state index contributed by atoms with van der Waals surface area (Å²) in [6.45, 7) is 0.580. The van der Waals surface area contributed by atoms with E-state index in [4.69, 9.17) is 16.7 Å². The first-order valence-electron chi connectivity index (χ1n) is 4.34. The fourth-order valence-corrected chi connectivity index (χ4v) is 1.28. The molecule has 10 heteroatoms. The molecule has 0 bridgehead atoms. The van der Waals surface area contributed by atoms with E-state index in [1.807, 2.05) is 0 Å². The molecule has 0 aromatic rings. The van der Waals surface area contributed by atoms with Gasteiger partial charge in [-0.1, -0.05) is 0 Å². The standard InChI is InChI=1S/C8H9ClF6O3/c1-5(2,18-4(16)3-9)6(17,7(10,11)12)8(13,14)15/h17H,3H2,1-2H3. The molecule has 1 N–H and O–H groups in total. The maximum atomic E-state index is 12.5. The van der Waals surface area contributed by atoms with Gasteiger partial charge in [-0.05, 0) is 13.8 Å². The zero-order chi connectivity index (χ0) is 15.0. The summed E-state index contributed by atoms with van der Waals surface area (Å²) in [5.41, 5.74) is -8.48. The van der Waals surface area contributed by atoms with Crippen LogP contribution in [0.4, 0.5) is 26.3 Å². The van der Waals surface area contributed by atoms with Crippen molar-refractivity contribution in [2.75, 3.05) is 5.88 Å². The van der Waals surface area contributed by atoms with E-state index >= 15 is 0 Å². The van der Waals surface area contributed by atoms with Gasteiger partial charge < -0.3 is 9.84 Å². The minimum absolute atomic E-state index is 0.290. The van der Waals surface area contributed by atoms with E-state index in [2.05, 4.69) is 4.74 Å². The Hall–Kier alpha value is -0.700. The molecule has 0 saturated carbocycles. The van der Waals surface area contributed by atoms with Crippen LogP contribution in [0.25, 0.3) is 0 Å². The van der Waals surface area contributed by atoms with Crippen LogP contribution in [0.3, 0.4) is 0 Å². The van der Waals surface area contributed by atoms with E-state index < -0.39 is 35.4 Å². The van der Waals surface area contributed by atoms with E-state index in [9.17, 15) is 31.1 Å². The van der Waals surface area contributed by atoms with E-state index in [1.165, 1.54) is 0 Å². The number of ether oxygens (including phenoxy) is 1. The summed E-state index contributed by atoms with van der Waals surface area (Å²) in [5.74, 6) is -2.47.